The molecule has 1 amide bonds. The summed E-state index contributed by atoms with van der Waals surface area (Å²) in [7, 11) is -2.51. The molecule has 0 aliphatic carbocycles. The van der Waals surface area contributed by atoms with Gasteiger partial charge in [-0.25, -0.2) is 17.9 Å². The van der Waals surface area contributed by atoms with Gasteiger partial charge in [-0.2, -0.15) is 0 Å². The number of carboxylic acids is 1. The lowest BCUT2D eigenvalue weighted by Gasteiger charge is -2.03. The van der Waals surface area contributed by atoms with Gasteiger partial charge < -0.3 is 15.4 Å². The molecule has 4 N–H and O–H groups in total. The van der Waals surface area contributed by atoms with Gasteiger partial charge in [-0.15, -0.1) is 0 Å². The predicted octanol–water partition coefficient (Wildman–Crippen LogP) is -1.26. The highest BCUT2D eigenvalue weighted by atomic mass is 32.2. The van der Waals surface area contributed by atoms with Gasteiger partial charge in [0.05, 0.1) is 6.54 Å². The summed E-state index contributed by atoms with van der Waals surface area (Å²) in [5.41, 5.74) is -0.245. The molecule has 1 aromatic rings. The Labute approximate surface area is 97.1 Å². The monoisotopic (exact) mass is 261 g/mol. The van der Waals surface area contributed by atoms with Crippen molar-refractivity contribution in [2.75, 3.05) is 13.6 Å². The summed E-state index contributed by atoms with van der Waals surface area (Å²) >= 11 is 0. The standard InChI is InChI=1S/C8H11N3O5S/c1-9-7(12)4-11-17(15,16)5-2-6(8(13)14)10-3-5/h2-3,10-11H,4H2,1H3,(H,9,12)(H,13,14). The van der Waals surface area contributed by atoms with Gasteiger partial charge in [0, 0.05) is 13.2 Å². The van der Waals surface area contributed by atoms with Crippen LogP contribution in [0.3, 0.4) is 0 Å². The molecule has 0 fully saturated rings. The van der Waals surface area contributed by atoms with Crippen LogP contribution in [0.25, 0.3) is 0 Å². The van der Waals surface area contributed by atoms with E-state index in [4.69, 9.17) is 5.11 Å². The van der Waals surface area contributed by atoms with Gasteiger partial charge in [0.25, 0.3) is 0 Å². The van der Waals surface area contributed by atoms with Crippen molar-refractivity contribution in [3.8, 4) is 0 Å². The number of aromatic carboxylic acids is 1. The maximum atomic E-state index is 11.6. The predicted molar refractivity (Wildman–Crippen MR) is 57.0 cm³/mol. The Morgan fingerprint density at radius 3 is 2.59 bits per heavy atom. The van der Waals surface area contributed by atoms with Crippen LogP contribution < -0.4 is 10.0 Å². The van der Waals surface area contributed by atoms with Gasteiger partial charge in [-0.05, 0) is 6.07 Å². The fourth-order valence-electron chi connectivity index (χ4n) is 0.985. The Kier molecular flexibility index (Phi) is 3.86. The quantitative estimate of drug-likeness (QED) is 0.525. The van der Waals surface area contributed by atoms with Crippen molar-refractivity contribution in [3.05, 3.63) is 18.0 Å². The van der Waals surface area contributed by atoms with Crippen molar-refractivity contribution in [1.82, 2.24) is 15.0 Å². The Hall–Kier alpha value is -1.87. The first-order valence-electron chi connectivity index (χ1n) is 4.49. The van der Waals surface area contributed by atoms with Crippen LogP contribution in [-0.2, 0) is 14.8 Å². The number of carbonyl (C=O) groups is 2. The molecule has 0 saturated carbocycles. The van der Waals surface area contributed by atoms with Crippen LogP contribution in [0.2, 0.25) is 0 Å². The number of rotatable bonds is 5. The number of aromatic amines is 1. The lowest BCUT2D eigenvalue weighted by Crippen LogP contribution is -2.35. The zero-order valence-electron chi connectivity index (χ0n) is 8.85. The van der Waals surface area contributed by atoms with Crippen molar-refractivity contribution >= 4 is 21.9 Å². The largest absolute Gasteiger partial charge is 0.477 e. The first-order chi connectivity index (χ1) is 7.86. The average molecular weight is 261 g/mol. The third-order valence-electron chi connectivity index (χ3n) is 1.90. The maximum Gasteiger partial charge on any atom is 0.352 e. The van der Waals surface area contributed by atoms with Crippen LogP contribution in [0.1, 0.15) is 10.5 Å². The maximum absolute atomic E-state index is 11.6. The highest BCUT2D eigenvalue weighted by Crippen LogP contribution is 2.10. The molecule has 0 saturated heterocycles. The molecule has 1 aromatic heterocycles. The van der Waals surface area contributed by atoms with Crippen LogP contribution in [0.4, 0.5) is 0 Å². The van der Waals surface area contributed by atoms with Gasteiger partial charge in [-0.3, -0.25) is 4.79 Å². The van der Waals surface area contributed by atoms with Crippen LogP contribution >= 0.6 is 0 Å². The molecular weight excluding hydrogens is 250 g/mol. The SMILES string of the molecule is CNC(=O)CNS(=O)(=O)c1c[nH]c(C(=O)O)c1. The van der Waals surface area contributed by atoms with E-state index in [2.05, 4.69) is 10.3 Å². The first-order valence-corrected chi connectivity index (χ1v) is 5.97. The summed E-state index contributed by atoms with van der Waals surface area (Å²) in [4.78, 5) is 23.5. The Morgan fingerprint density at radius 2 is 2.12 bits per heavy atom. The third-order valence-corrected chi connectivity index (χ3v) is 3.28. The van der Waals surface area contributed by atoms with Gasteiger partial charge in [0.1, 0.15) is 10.6 Å². The summed E-state index contributed by atoms with van der Waals surface area (Å²) in [6.45, 7) is -0.410. The molecule has 8 nitrogen and oxygen atoms in total. The molecule has 0 spiro atoms. The fraction of sp³-hybridized carbons (Fsp3) is 0.250. The number of H-pyrrole nitrogens is 1. The summed E-state index contributed by atoms with van der Waals surface area (Å²) in [6.07, 6.45) is 1.04. The number of likely N-dealkylation sites (N-methyl/N-ethyl adjacent to an activating group) is 1. The third kappa shape index (κ3) is 3.29. The number of carboxylic acid groups (broad SMARTS) is 1. The molecule has 0 atom stereocenters. The normalized spacial score (nSPS) is 11.1. The van der Waals surface area contributed by atoms with Crippen LogP contribution in [0, 0.1) is 0 Å². The molecule has 0 aliphatic rings. The lowest BCUT2D eigenvalue weighted by molar-refractivity contribution is -0.119. The van der Waals surface area contributed by atoms with E-state index in [0.29, 0.717) is 0 Å². The van der Waals surface area contributed by atoms with Crippen molar-refractivity contribution < 1.29 is 23.1 Å². The second-order valence-electron chi connectivity index (χ2n) is 3.05. The zero-order valence-corrected chi connectivity index (χ0v) is 9.67. The van der Waals surface area contributed by atoms with E-state index in [0.717, 1.165) is 12.3 Å². The zero-order chi connectivity index (χ0) is 13.1. The van der Waals surface area contributed by atoms with Crippen LogP contribution in [0.5, 0.6) is 0 Å². The lowest BCUT2D eigenvalue weighted by atomic mass is 10.4. The molecule has 17 heavy (non-hydrogen) atoms. The molecule has 0 aromatic carbocycles. The Bertz CT molecular complexity index is 533. The molecule has 9 heteroatoms. The number of amides is 1. The van der Waals surface area contributed by atoms with E-state index in [9.17, 15) is 18.0 Å². The van der Waals surface area contributed by atoms with Crippen molar-refractivity contribution in [2.24, 2.45) is 0 Å². The minimum Gasteiger partial charge on any atom is -0.477 e. The summed E-state index contributed by atoms with van der Waals surface area (Å²) < 4.78 is 25.2. The second kappa shape index (κ2) is 4.97. The average Bonchev–Trinajstić information content (AvgIpc) is 2.76. The first kappa shape index (κ1) is 13.2. The van der Waals surface area contributed by atoms with Gasteiger partial charge >= 0.3 is 5.97 Å². The molecule has 0 radical (unpaired) electrons. The highest BCUT2D eigenvalue weighted by molar-refractivity contribution is 7.89. The number of hydrogen-bond donors (Lipinski definition) is 4. The van der Waals surface area contributed by atoms with Gasteiger partial charge in [0.15, 0.2) is 0 Å². The van der Waals surface area contributed by atoms with E-state index < -0.39 is 28.4 Å². The topological polar surface area (TPSA) is 128 Å². The molecule has 1 rings (SSSR count). The van der Waals surface area contributed by atoms with E-state index in [1.807, 2.05) is 4.72 Å². The van der Waals surface area contributed by atoms with Crippen LogP contribution in [0.15, 0.2) is 17.2 Å². The van der Waals surface area contributed by atoms with Gasteiger partial charge in [0.2, 0.25) is 15.9 Å². The molecular formula is C8H11N3O5S. The van der Waals surface area contributed by atoms with Crippen molar-refractivity contribution in [2.45, 2.75) is 4.90 Å². The van der Waals surface area contributed by atoms with Crippen molar-refractivity contribution in [1.29, 1.82) is 0 Å². The second-order valence-corrected chi connectivity index (χ2v) is 4.82. The van der Waals surface area contributed by atoms with Crippen molar-refractivity contribution in [3.63, 3.8) is 0 Å². The molecule has 94 valence electrons. The highest BCUT2D eigenvalue weighted by Gasteiger charge is 2.18. The number of hydrogen-bond acceptors (Lipinski definition) is 4. The van der Waals surface area contributed by atoms with E-state index in [1.54, 1.807) is 0 Å². The number of carbonyl (C=O) groups excluding carboxylic acids is 1. The number of nitrogens with one attached hydrogen (secondary N) is 3. The summed E-state index contributed by atoms with van der Waals surface area (Å²) in [5, 5.41) is 10.9. The smallest absolute Gasteiger partial charge is 0.352 e. The minimum atomic E-state index is -3.88. The molecule has 0 bridgehead atoms. The van der Waals surface area contributed by atoms with E-state index in [-0.39, 0.29) is 10.6 Å². The Balaban J connectivity index is 2.82. The van der Waals surface area contributed by atoms with E-state index >= 15 is 0 Å². The Morgan fingerprint density at radius 1 is 1.47 bits per heavy atom. The molecule has 0 aliphatic heterocycles. The number of aromatic nitrogens is 1. The number of sulfonamides is 1. The van der Waals surface area contributed by atoms with Gasteiger partial charge in [-0.1, -0.05) is 0 Å². The van der Waals surface area contributed by atoms with E-state index in [1.165, 1.54) is 7.05 Å². The fourth-order valence-corrected chi connectivity index (χ4v) is 1.96. The molecule has 1 heterocycles. The summed E-state index contributed by atoms with van der Waals surface area (Å²) in [5.74, 6) is -1.76. The summed E-state index contributed by atoms with van der Waals surface area (Å²) in [6, 6.07) is 0.967. The molecule has 0 unspecified atom stereocenters. The van der Waals surface area contributed by atoms with Crippen LogP contribution in [-0.4, -0.2) is 44.0 Å². The minimum absolute atomic E-state index is 0.237.